The number of carbonyl (C=O) groups is 1. The Hall–Kier alpha value is -2.21. The number of benzene rings is 2. The van der Waals surface area contributed by atoms with E-state index in [-0.39, 0.29) is 24.7 Å². The van der Waals surface area contributed by atoms with Gasteiger partial charge in [-0.05, 0) is 15.4 Å². The van der Waals surface area contributed by atoms with Gasteiger partial charge in [-0.3, -0.25) is 4.79 Å². The van der Waals surface area contributed by atoms with Gasteiger partial charge in [0.2, 0.25) is 0 Å². The number of esters is 1. The van der Waals surface area contributed by atoms with E-state index in [2.05, 4.69) is 51.6 Å². The molecule has 28 heavy (non-hydrogen) atoms. The van der Waals surface area contributed by atoms with Gasteiger partial charge in [-0.1, -0.05) is 94.1 Å². The van der Waals surface area contributed by atoms with Crippen LogP contribution in [0.4, 0.5) is 0 Å². The molecular formula is C23H30O4Si. The molecule has 0 aliphatic carbocycles. The zero-order chi connectivity index (χ0) is 20.6. The van der Waals surface area contributed by atoms with Crippen molar-refractivity contribution in [3.63, 3.8) is 0 Å². The molecule has 150 valence electrons. The summed E-state index contributed by atoms with van der Waals surface area (Å²) in [5.41, 5.74) is 0. The molecule has 2 aromatic rings. The normalized spacial score (nSPS) is 13.0. The molecule has 0 saturated heterocycles. The highest BCUT2D eigenvalue weighted by molar-refractivity contribution is 6.99. The summed E-state index contributed by atoms with van der Waals surface area (Å²) in [6, 6.07) is 20.3. The first-order valence-electron chi connectivity index (χ1n) is 9.51. The lowest BCUT2D eigenvalue weighted by atomic mass is 10.2. The first-order valence-corrected chi connectivity index (χ1v) is 11.4. The van der Waals surface area contributed by atoms with Crippen molar-refractivity contribution in [3.05, 3.63) is 73.3 Å². The number of ether oxygens (including phenoxy) is 1. The smallest absolute Gasteiger partial charge is 0.308 e. The van der Waals surface area contributed by atoms with Gasteiger partial charge in [0, 0.05) is 0 Å². The number of hydrogen-bond donors (Lipinski definition) is 1. The SMILES string of the molecule is C=CCOC(=O)C[C@@H](CO)O[Si](c1ccccc1)(c1ccccc1)C(C)(C)C. The molecule has 0 aliphatic rings. The molecule has 0 aliphatic heterocycles. The van der Waals surface area contributed by atoms with Crippen molar-refractivity contribution in [2.24, 2.45) is 0 Å². The van der Waals surface area contributed by atoms with Gasteiger partial charge in [-0.2, -0.15) is 0 Å². The molecule has 0 spiro atoms. The molecule has 2 rings (SSSR count). The monoisotopic (exact) mass is 398 g/mol. The van der Waals surface area contributed by atoms with E-state index in [9.17, 15) is 9.90 Å². The molecule has 2 aromatic carbocycles. The Balaban J connectivity index is 2.51. The minimum Gasteiger partial charge on any atom is -0.461 e. The van der Waals surface area contributed by atoms with E-state index >= 15 is 0 Å². The Labute approximate surface area is 169 Å². The van der Waals surface area contributed by atoms with Crippen LogP contribution in [0.3, 0.4) is 0 Å². The molecule has 0 saturated carbocycles. The fourth-order valence-electron chi connectivity index (χ4n) is 3.48. The lowest BCUT2D eigenvalue weighted by Crippen LogP contribution is -2.68. The van der Waals surface area contributed by atoms with Gasteiger partial charge in [0.15, 0.2) is 0 Å². The summed E-state index contributed by atoms with van der Waals surface area (Å²) in [7, 11) is -2.82. The minimum absolute atomic E-state index is 0.00512. The summed E-state index contributed by atoms with van der Waals surface area (Å²) in [5, 5.41) is 12.0. The van der Waals surface area contributed by atoms with E-state index in [1.54, 1.807) is 0 Å². The fourth-order valence-corrected chi connectivity index (χ4v) is 8.15. The molecule has 0 aromatic heterocycles. The van der Waals surface area contributed by atoms with E-state index in [1.807, 2.05) is 36.4 Å². The molecule has 0 unspecified atom stereocenters. The van der Waals surface area contributed by atoms with Gasteiger partial charge in [-0.15, -0.1) is 0 Å². The van der Waals surface area contributed by atoms with Gasteiger partial charge in [0.05, 0.1) is 19.1 Å². The number of rotatable bonds is 9. The van der Waals surface area contributed by atoms with Gasteiger partial charge in [0.1, 0.15) is 6.61 Å². The van der Waals surface area contributed by atoms with Crippen molar-refractivity contribution in [2.45, 2.75) is 38.3 Å². The molecule has 0 bridgehead atoms. The standard InChI is InChI=1S/C23H30O4Si/c1-5-16-26-22(25)17-19(18-24)27-28(23(2,3)4,20-12-8-6-9-13-20)21-14-10-7-11-15-21/h5-15,19,24H,1,16-18H2,2-4H3/t19-/m0/s1. The van der Waals surface area contributed by atoms with Crippen molar-refractivity contribution in [1.82, 2.24) is 0 Å². The third-order valence-electron chi connectivity index (χ3n) is 4.72. The van der Waals surface area contributed by atoms with E-state index < -0.39 is 20.4 Å². The van der Waals surface area contributed by atoms with Crippen LogP contribution < -0.4 is 10.4 Å². The highest BCUT2D eigenvalue weighted by Crippen LogP contribution is 2.37. The number of carbonyl (C=O) groups excluding carboxylic acids is 1. The quantitative estimate of drug-likeness (QED) is 0.401. The number of aliphatic hydroxyl groups is 1. The average molecular weight is 399 g/mol. The molecule has 0 radical (unpaired) electrons. The average Bonchev–Trinajstić information content (AvgIpc) is 2.70. The first kappa shape index (κ1) is 22.1. The van der Waals surface area contributed by atoms with Gasteiger partial charge >= 0.3 is 5.97 Å². The van der Waals surface area contributed by atoms with Crippen molar-refractivity contribution in [3.8, 4) is 0 Å². The van der Waals surface area contributed by atoms with Crippen LogP contribution in [0.15, 0.2) is 73.3 Å². The van der Waals surface area contributed by atoms with Crippen molar-refractivity contribution < 1.29 is 19.1 Å². The first-order chi connectivity index (χ1) is 13.3. The lowest BCUT2D eigenvalue weighted by Gasteiger charge is -2.44. The van der Waals surface area contributed by atoms with Crippen LogP contribution in [0.25, 0.3) is 0 Å². The van der Waals surface area contributed by atoms with Crippen LogP contribution in [0, 0.1) is 0 Å². The van der Waals surface area contributed by atoms with Crippen LogP contribution in [0.1, 0.15) is 27.2 Å². The Kier molecular flexibility index (Phi) is 7.75. The molecule has 5 heteroatoms. The maximum atomic E-state index is 12.1. The topological polar surface area (TPSA) is 55.8 Å². The zero-order valence-corrected chi connectivity index (χ0v) is 17.9. The van der Waals surface area contributed by atoms with E-state index in [0.29, 0.717) is 0 Å². The summed E-state index contributed by atoms with van der Waals surface area (Å²) in [5.74, 6) is -0.406. The third kappa shape index (κ3) is 4.98. The summed E-state index contributed by atoms with van der Waals surface area (Å²) in [6.07, 6.45) is 0.868. The second-order valence-corrected chi connectivity index (χ2v) is 12.0. The van der Waals surface area contributed by atoms with Gasteiger partial charge in [0.25, 0.3) is 8.32 Å². The Morgan fingerprint density at radius 1 is 1.07 bits per heavy atom. The van der Waals surface area contributed by atoms with Crippen LogP contribution >= 0.6 is 0 Å². The predicted molar refractivity (Wildman–Crippen MR) is 115 cm³/mol. The fraction of sp³-hybridized carbons (Fsp3) is 0.348. The molecule has 1 atom stereocenters. The summed E-state index contributed by atoms with van der Waals surface area (Å²) in [6.45, 7) is 9.91. The minimum atomic E-state index is -2.82. The highest BCUT2D eigenvalue weighted by Gasteiger charge is 2.51. The van der Waals surface area contributed by atoms with Crippen LogP contribution in [-0.4, -0.2) is 38.7 Å². The van der Waals surface area contributed by atoms with E-state index in [4.69, 9.17) is 9.16 Å². The number of hydrogen-bond acceptors (Lipinski definition) is 4. The second-order valence-electron chi connectivity index (χ2n) is 7.76. The third-order valence-corrected chi connectivity index (χ3v) is 9.81. The molecule has 4 nitrogen and oxygen atoms in total. The zero-order valence-electron chi connectivity index (χ0n) is 16.9. The Morgan fingerprint density at radius 3 is 1.96 bits per heavy atom. The number of aliphatic hydroxyl groups excluding tert-OH is 1. The van der Waals surface area contributed by atoms with Crippen molar-refractivity contribution in [1.29, 1.82) is 0 Å². The maximum Gasteiger partial charge on any atom is 0.308 e. The van der Waals surface area contributed by atoms with Gasteiger partial charge < -0.3 is 14.3 Å². The molecule has 1 N–H and O–H groups in total. The predicted octanol–water partition coefficient (Wildman–Crippen LogP) is 3.04. The van der Waals surface area contributed by atoms with E-state index in [0.717, 1.165) is 10.4 Å². The van der Waals surface area contributed by atoms with Gasteiger partial charge in [-0.25, -0.2) is 0 Å². The summed E-state index contributed by atoms with van der Waals surface area (Å²) >= 11 is 0. The summed E-state index contributed by atoms with van der Waals surface area (Å²) in [4.78, 5) is 12.1. The second kappa shape index (κ2) is 9.82. The largest absolute Gasteiger partial charge is 0.461 e. The Bertz CT molecular complexity index is 714. The Morgan fingerprint density at radius 2 is 1.57 bits per heavy atom. The molecule has 0 fully saturated rings. The lowest BCUT2D eigenvalue weighted by molar-refractivity contribution is -0.144. The van der Waals surface area contributed by atoms with Crippen molar-refractivity contribution >= 4 is 24.7 Å². The summed E-state index contributed by atoms with van der Waals surface area (Å²) < 4.78 is 11.8. The molecule has 0 amide bonds. The maximum absolute atomic E-state index is 12.1. The molecular weight excluding hydrogens is 368 g/mol. The van der Waals surface area contributed by atoms with Crippen LogP contribution in [-0.2, 0) is 14.0 Å². The van der Waals surface area contributed by atoms with E-state index in [1.165, 1.54) is 6.08 Å². The van der Waals surface area contributed by atoms with Crippen LogP contribution in [0.5, 0.6) is 0 Å². The van der Waals surface area contributed by atoms with Crippen molar-refractivity contribution in [2.75, 3.05) is 13.2 Å². The molecule has 0 heterocycles. The van der Waals surface area contributed by atoms with Crippen LogP contribution in [0.2, 0.25) is 5.04 Å². The highest BCUT2D eigenvalue weighted by atomic mass is 28.4.